The van der Waals surface area contributed by atoms with E-state index >= 15 is 0 Å². The molecule has 1 aliphatic rings. The SMILES string of the molecule is COC(=O)COc1cc(OCCCC2OC(C)C(OCc3ccccc3)C(OCc3ccccc3)C2OC)cc(C(=O)OC)c1. The molecule has 5 atom stereocenters. The quantitative estimate of drug-likeness (QED) is 0.157. The van der Waals surface area contributed by atoms with E-state index in [4.69, 9.17) is 33.2 Å². The van der Waals surface area contributed by atoms with Gasteiger partial charge in [-0.3, -0.25) is 0 Å². The summed E-state index contributed by atoms with van der Waals surface area (Å²) in [5, 5.41) is 0. The molecule has 0 spiro atoms. The molecule has 3 aromatic carbocycles. The van der Waals surface area contributed by atoms with Crippen LogP contribution < -0.4 is 9.47 Å². The fourth-order valence-corrected chi connectivity index (χ4v) is 5.22. The van der Waals surface area contributed by atoms with Crippen LogP contribution in [0.3, 0.4) is 0 Å². The van der Waals surface area contributed by atoms with Crippen LogP contribution in [0.4, 0.5) is 0 Å². The Balaban J connectivity index is 1.41. The summed E-state index contributed by atoms with van der Waals surface area (Å²) in [6.07, 6.45) is -0.382. The lowest BCUT2D eigenvalue weighted by Gasteiger charge is -2.45. The Labute approximate surface area is 264 Å². The lowest BCUT2D eigenvalue weighted by Crippen LogP contribution is -2.59. The first-order chi connectivity index (χ1) is 21.9. The molecule has 0 amide bonds. The van der Waals surface area contributed by atoms with E-state index in [1.807, 2.05) is 67.6 Å². The second kappa shape index (κ2) is 17.5. The molecule has 1 heterocycles. The van der Waals surface area contributed by atoms with Gasteiger partial charge in [0.15, 0.2) is 6.61 Å². The predicted molar refractivity (Wildman–Crippen MR) is 165 cm³/mol. The first kappa shape index (κ1) is 33.9. The van der Waals surface area contributed by atoms with E-state index in [0.29, 0.717) is 38.4 Å². The maximum absolute atomic E-state index is 12.2. The van der Waals surface area contributed by atoms with Crippen LogP contribution >= 0.6 is 0 Å². The molecule has 1 fully saturated rings. The Bertz CT molecular complexity index is 1330. The van der Waals surface area contributed by atoms with Gasteiger partial charge >= 0.3 is 11.9 Å². The number of benzene rings is 3. The largest absolute Gasteiger partial charge is 0.493 e. The van der Waals surface area contributed by atoms with Gasteiger partial charge in [0.05, 0.1) is 51.8 Å². The van der Waals surface area contributed by atoms with E-state index in [9.17, 15) is 9.59 Å². The number of carbonyl (C=O) groups excluding carboxylic acids is 2. The third-order valence-electron chi connectivity index (χ3n) is 7.50. The van der Waals surface area contributed by atoms with Crippen molar-refractivity contribution in [1.82, 2.24) is 0 Å². The summed E-state index contributed by atoms with van der Waals surface area (Å²) in [6, 6.07) is 24.7. The van der Waals surface area contributed by atoms with Crippen molar-refractivity contribution in [3.8, 4) is 11.5 Å². The number of rotatable bonds is 16. The molecule has 0 aliphatic carbocycles. The van der Waals surface area contributed by atoms with E-state index in [1.54, 1.807) is 19.2 Å². The van der Waals surface area contributed by atoms with Crippen molar-refractivity contribution in [2.75, 3.05) is 34.5 Å². The van der Waals surface area contributed by atoms with Crippen molar-refractivity contribution >= 4 is 11.9 Å². The van der Waals surface area contributed by atoms with Crippen LogP contribution in [0.15, 0.2) is 78.9 Å². The summed E-state index contributed by atoms with van der Waals surface area (Å²) >= 11 is 0. The monoisotopic (exact) mass is 622 g/mol. The highest BCUT2D eigenvalue weighted by atomic mass is 16.6. The molecule has 0 bridgehead atoms. The van der Waals surface area contributed by atoms with Crippen LogP contribution in [0.25, 0.3) is 0 Å². The van der Waals surface area contributed by atoms with Gasteiger partial charge in [0, 0.05) is 13.2 Å². The lowest BCUT2D eigenvalue weighted by atomic mass is 9.92. The van der Waals surface area contributed by atoms with Crippen molar-refractivity contribution in [2.45, 2.75) is 63.5 Å². The number of methoxy groups -OCH3 is 3. The molecular weight excluding hydrogens is 580 g/mol. The van der Waals surface area contributed by atoms with Crippen LogP contribution in [0.5, 0.6) is 11.5 Å². The highest BCUT2D eigenvalue weighted by Crippen LogP contribution is 2.31. The number of hydrogen-bond donors (Lipinski definition) is 0. The Morgan fingerprint density at radius 2 is 1.33 bits per heavy atom. The second-order valence-corrected chi connectivity index (χ2v) is 10.6. The zero-order valence-corrected chi connectivity index (χ0v) is 26.2. The number of esters is 2. The maximum atomic E-state index is 12.2. The standard InChI is InChI=1S/C35H42O10/c1-24-32(43-21-25-12-7-5-8-13-25)34(44-22-26-14-9-6-10-15-26)33(39-3)30(45-24)16-11-17-41-28-18-27(35(37)40-4)19-29(20-28)42-23-31(36)38-2/h5-10,12-15,18-20,24,30,32-34H,11,16-17,21-23H2,1-4H3. The smallest absolute Gasteiger partial charge is 0.343 e. The molecule has 4 rings (SSSR count). The van der Waals surface area contributed by atoms with Gasteiger partial charge in [-0.25, -0.2) is 9.59 Å². The highest BCUT2D eigenvalue weighted by Gasteiger charge is 2.45. The molecule has 5 unspecified atom stereocenters. The molecule has 0 radical (unpaired) electrons. The van der Waals surface area contributed by atoms with Crippen LogP contribution in [0.1, 0.15) is 41.3 Å². The van der Waals surface area contributed by atoms with E-state index in [1.165, 1.54) is 20.3 Å². The van der Waals surface area contributed by atoms with E-state index in [-0.39, 0.29) is 48.4 Å². The number of hydrogen-bond acceptors (Lipinski definition) is 10. The average Bonchev–Trinajstić information content (AvgIpc) is 3.08. The summed E-state index contributed by atoms with van der Waals surface area (Å²) in [6.45, 7) is 2.86. The molecule has 3 aromatic rings. The minimum Gasteiger partial charge on any atom is -0.493 e. The molecule has 0 saturated carbocycles. The molecule has 10 heteroatoms. The van der Waals surface area contributed by atoms with Crippen molar-refractivity contribution in [3.05, 3.63) is 95.6 Å². The van der Waals surface area contributed by atoms with Crippen molar-refractivity contribution in [1.29, 1.82) is 0 Å². The van der Waals surface area contributed by atoms with Gasteiger partial charge < -0.3 is 37.9 Å². The minimum atomic E-state index is -0.554. The molecule has 1 aliphatic heterocycles. The van der Waals surface area contributed by atoms with Crippen molar-refractivity contribution in [2.24, 2.45) is 0 Å². The second-order valence-electron chi connectivity index (χ2n) is 10.6. The Hall–Kier alpha value is -3.96. The first-order valence-electron chi connectivity index (χ1n) is 15.0. The minimum absolute atomic E-state index is 0.235. The van der Waals surface area contributed by atoms with E-state index < -0.39 is 11.9 Å². The third kappa shape index (κ3) is 10.0. The van der Waals surface area contributed by atoms with Crippen molar-refractivity contribution in [3.63, 3.8) is 0 Å². The molecule has 0 N–H and O–H groups in total. The zero-order valence-electron chi connectivity index (χ0n) is 26.2. The van der Waals surface area contributed by atoms with Gasteiger partial charge in [0.2, 0.25) is 0 Å². The topological polar surface area (TPSA) is 108 Å². The normalized spacial score (nSPS) is 21.1. The van der Waals surface area contributed by atoms with Gasteiger partial charge in [-0.05, 0) is 43.0 Å². The Morgan fingerprint density at radius 1 is 0.733 bits per heavy atom. The fourth-order valence-electron chi connectivity index (χ4n) is 5.22. The van der Waals surface area contributed by atoms with Crippen LogP contribution in [0, 0.1) is 0 Å². The van der Waals surface area contributed by atoms with Crippen LogP contribution in [0.2, 0.25) is 0 Å². The molecule has 45 heavy (non-hydrogen) atoms. The van der Waals surface area contributed by atoms with Gasteiger partial charge in [-0.2, -0.15) is 0 Å². The van der Waals surface area contributed by atoms with Gasteiger partial charge in [0.25, 0.3) is 0 Å². The number of carbonyl (C=O) groups is 2. The Morgan fingerprint density at radius 3 is 1.91 bits per heavy atom. The first-order valence-corrected chi connectivity index (χ1v) is 15.0. The summed E-state index contributed by atoms with van der Waals surface area (Å²) < 4.78 is 46.3. The number of ether oxygens (including phenoxy) is 8. The van der Waals surface area contributed by atoms with Crippen LogP contribution in [-0.2, 0) is 46.4 Å². The molecule has 0 aromatic heterocycles. The molecule has 10 nitrogen and oxygen atoms in total. The fraction of sp³-hybridized carbons (Fsp3) is 0.429. The third-order valence-corrected chi connectivity index (χ3v) is 7.50. The Kier molecular flexibility index (Phi) is 13.2. The van der Waals surface area contributed by atoms with Crippen molar-refractivity contribution < 1.29 is 47.5 Å². The lowest BCUT2D eigenvalue weighted by molar-refractivity contribution is -0.255. The van der Waals surface area contributed by atoms with E-state index in [0.717, 1.165) is 11.1 Å². The van der Waals surface area contributed by atoms with E-state index in [2.05, 4.69) is 4.74 Å². The molecule has 1 saturated heterocycles. The van der Waals surface area contributed by atoms with Gasteiger partial charge in [-0.15, -0.1) is 0 Å². The summed E-state index contributed by atoms with van der Waals surface area (Å²) in [7, 11) is 4.22. The van der Waals surface area contributed by atoms with Gasteiger partial charge in [-0.1, -0.05) is 60.7 Å². The summed E-state index contributed by atoms with van der Waals surface area (Å²) in [4.78, 5) is 23.7. The zero-order chi connectivity index (χ0) is 32.0. The maximum Gasteiger partial charge on any atom is 0.343 e. The molecular formula is C35H42O10. The summed E-state index contributed by atoms with van der Waals surface area (Å²) in [5.74, 6) is -0.421. The predicted octanol–water partition coefficient (Wildman–Crippen LogP) is 5.16. The molecule has 242 valence electrons. The van der Waals surface area contributed by atoms with Crippen LogP contribution in [-0.4, -0.2) is 77.0 Å². The van der Waals surface area contributed by atoms with Gasteiger partial charge in [0.1, 0.15) is 29.8 Å². The highest BCUT2D eigenvalue weighted by molar-refractivity contribution is 5.90. The summed E-state index contributed by atoms with van der Waals surface area (Å²) in [5.41, 5.74) is 2.36. The average molecular weight is 623 g/mol.